The summed E-state index contributed by atoms with van der Waals surface area (Å²) < 4.78 is 7.81. The van der Waals surface area contributed by atoms with Crippen molar-refractivity contribution in [1.82, 2.24) is 19.8 Å². The second kappa shape index (κ2) is 10.1. The van der Waals surface area contributed by atoms with Gasteiger partial charge in [0.05, 0.1) is 11.0 Å². The van der Waals surface area contributed by atoms with Crippen molar-refractivity contribution in [3.8, 4) is 5.75 Å². The number of piperidine rings is 1. The lowest BCUT2D eigenvalue weighted by Gasteiger charge is -2.38. The molecule has 7 nitrogen and oxygen atoms in total. The Hall–Kier alpha value is -3.35. The molecule has 0 spiro atoms. The number of likely N-dealkylation sites (tertiary alicyclic amines) is 1. The minimum Gasteiger partial charge on any atom is -0.484 e. The summed E-state index contributed by atoms with van der Waals surface area (Å²) in [5.41, 5.74) is 2.58. The van der Waals surface area contributed by atoms with E-state index in [4.69, 9.17) is 4.74 Å². The van der Waals surface area contributed by atoms with Crippen LogP contribution in [0.3, 0.4) is 0 Å². The highest BCUT2D eigenvalue weighted by Crippen LogP contribution is 2.23. The molecule has 0 aliphatic carbocycles. The van der Waals surface area contributed by atoms with Crippen LogP contribution in [0.25, 0.3) is 11.0 Å². The van der Waals surface area contributed by atoms with Gasteiger partial charge in [-0.3, -0.25) is 9.59 Å². The summed E-state index contributed by atoms with van der Waals surface area (Å²) in [7, 11) is 0. The van der Waals surface area contributed by atoms with Gasteiger partial charge in [-0.1, -0.05) is 12.1 Å². The number of nitrogens with zero attached hydrogens (tertiary/aromatic N) is 3. The molecule has 0 saturated carbocycles. The number of nitrogens with one attached hydrogen (secondary N) is 1. The Morgan fingerprint density at radius 3 is 2.48 bits per heavy atom. The fourth-order valence-electron chi connectivity index (χ4n) is 4.70. The Bertz CT molecular complexity index is 1110. The molecule has 1 saturated heterocycles. The maximum atomic E-state index is 12.6. The molecule has 33 heavy (non-hydrogen) atoms. The van der Waals surface area contributed by atoms with Crippen LogP contribution in [0.2, 0.25) is 0 Å². The molecular formula is C26H32N4O3. The van der Waals surface area contributed by atoms with Gasteiger partial charge in [0.25, 0.3) is 11.8 Å². The fourth-order valence-corrected chi connectivity index (χ4v) is 4.70. The normalized spacial score (nSPS) is 18.3. The van der Waals surface area contributed by atoms with E-state index in [0.29, 0.717) is 24.4 Å². The number of fused-ring (bicyclic) bond motifs is 1. The first-order chi connectivity index (χ1) is 15.9. The summed E-state index contributed by atoms with van der Waals surface area (Å²) >= 11 is 0. The van der Waals surface area contributed by atoms with Gasteiger partial charge in [-0.05, 0) is 76.4 Å². The van der Waals surface area contributed by atoms with Crippen LogP contribution in [0.5, 0.6) is 5.75 Å². The van der Waals surface area contributed by atoms with E-state index >= 15 is 0 Å². The highest BCUT2D eigenvalue weighted by atomic mass is 16.5. The van der Waals surface area contributed by atoms with Crippen molar-refractivity contribution in [3.05, 3.63) is 59.9 Å². The van der Waals surface area contributed by atoms with E-state index in [0.717, 1.165) is 36.1 Å². The Labute approximate surface area is 194 Å². The first kappa shape index (κ1) is 22.8. The average molecular weight is 449 g/mol. The number of amides is 2. The molecule has 2 aromatic carbocycles. The molecule has 0 radical (unpaired) electrons. The van der Waals surface area contributed by atoms with Crippen LogP contribution in [0.4, 0.5) is 0 Å². The van der Waals surface area contributed by atoms with Crippen molar-refractivity contribution in [2.45, 2.75) is 58.7 Å². The quantitative estimate of drug-likeness (QED) is 0.594. The third kappa shape index (κ3) is 5.18. The summed E-state index contributed by atoms with van der Waals surface area (Å²) in [5, 5.41) is 2.96. The van der Waals surface area contributed by atoms with Crippen LogP contribution in [0, 0.1) is 6.92 Å². The second-order valence-corrected chi connectivity index (χ2v) is 8.80. The minimum absolute atomic E-state index is 0.0123. The lowest BCUT2D eigenvalue weighted by Crippen LogP contribution is -2.49. The van der Waals surface area contributed by atoms with Crippen LogP contribution in [-0.4, -0.2) is 51.5 Å². The Morgan fingerprint density at radius 1 is 1.06 bits per heavy atom. The first-order valence-corrected chi connectivity index (χ1v) is 11.7. The molecule has 2 atom stereocenters. The fraction of sp³-hybridized carbons (Fsp3) is 0.423. The maximum absolute atomic E-state index is 12.6. The summed E-state index contributed by atoms with van der Waals surface area (Å²) in [6.07, 6.45) is 3.24. The van der Waals surface area contributed by atoms with Crippen LogP contribution >= 0.6 is 0 Å². The topological polar surface area (TPSA) is 76.5 Å². The summed E-state index contributed by atoms with van der Waals surface area (Å²) in [5.74, 6) is 1.38. The Kier molecular flexibility index (Phi) is 6.96. The third-order valence-electron chi connectivity index (χ3n) is 6.43. The molecule has 1 aliphatic rings. The predicted octanol–water partition coefficient (Wildman–Crippen LogP) is 3.94. The van der Waals surface area contributed by atoms with Crippen molar-refractivity contribution >= 4 is 22.8 Å². The van der Waals surface area contributed by atoms with Crippen molar-refractivity contribution in [2.75, 3.05) is 13.2 Å². The van der Waals surface area contributed by atoms with Gasteiger partial charge in [-0.25, -0.2) is 4.98 Å². The van der Waals surface area contributed by atoms with E-state index in [-0.39, 0.29) is 30.5 Å². The van der Waals surface area contributed by atoms with Crippen molar-refractivity contribution in [2.24, 2.45) is 0 Å². The largest absolute Gasteiger partial charge is 0.484 e. The number of carbonyl (C=O) groups excluding carboxylic acids is 2. The average Bonchev–Trinajstić information content (AvgIpc) is 3.13. The molecule has 1 aromatic heterocycles. The van der Waals surface area contributed by atoms with E-state index in [1.165, 1.54) is 0 Å². The standard InChI is InChI=1S/C26H32N4O3/c1-18-7-6-8-19(2)30(18)25(31)17-33-22-13-11-21(12-14-22)26(32)27-15-16-29-20(3)28-23-9-4-5-10-24(23)29/h4-5,9-14,18-19H,6-8,15-17H2,1-3H3,(H,27,32). The van der Waals surface area contributed by atoms with Crippen LogP contribution in [0.15, 0.2) is 48.5 Å². The number of aryl methyl sites for hydroxylation is 1. The number of rotatable bonds is 7. The zero-order valence-corrected chi connectivity index (χ0v) is 19.6. The van der Waals surface area contributed by atoms with Gasteiger partial charge in [0.1, 0.15) is 11.6 Å². The lowest BCUT2D eigenvalue weighted by atomic mass is 9.97. The molecule has 3 aromatic rings. The zero-order valence-electron chi connectivity index (χ0n) is 19.6. The van der Waals surface area contributed by atoms with Crippen molar-refractivity contribution in [3.63, 3.8) is 0 Å². The number of aromatic nitrogens is 2. The molecule has 2 unspecified atom stereocenters. The smallest absolute Gasteiger partial charge is 0.260 e. The molecular weight excluding hydrogens is 416 g/mol. The molecule has 1 fully saturated rings. The summed E-state index contributed by atoms with van der Waals surface area (Å²) in [6.45, 7) is 7.32. The number of carbonyl (C=O) groups is 2. The van der Waals surface area contributed by atoms with Gasteiger partial charge < -0.3 is 19.5 Å². The number of hydrogen-bond acceptors (Lipinski definition) is 4. The van der Waals surface area contributed by atoms with Crippen LogP contribution in [-0.2, 0) is 11.3 Å². The SMILES string of the molecule is Cc1nc2ccccc2n1CCNC(=O)c1ccc(OCC(=O)N2C(C)CCCC2C)cc1. The lowest BCUT2D eigenvalue weighted by molar-refractivity contribution is -0.139. The minimum atomic E-state index is -0.143. The number of benzene rings is 2. The molecule has 2 amide bonds. The number of imidazole rings is 1. The summed E-state index contributed by atoms with van der Waals surface area (Å²) in [4.78, 5) is 31.7. The van der Waals surface area contributed by atoms with E-state index < -0.39 is 0 Å². The maximum Gasteiger partial charge on any atom is 0.260 e. The van der Waals surface area contributed by atoms with Gasteiger partial charge in [0, 0.05) is 30.7 Å². The zero-order chi connectivity index (χ0) is 23.4. The van der Waals surface area contributed by atoms with Gasteiger partial charge in [-0.15, -0.1) is 0 Å². The second-order valence-electron chi connectivity index (χ2n) is 8.80. The Morgan fingerprint density at radius 2 is 1.76 bits per heavy atom. The van der Waals surface area contributed by atoms with Gasteiger partial charge in [0.15, 0.2) is 6.61 Å². The monoisotopic (exact) mass is 448 g/mol. The van der Waals surface area contributed by atoms with Crippen molar-refractivity contribution in [1.29, 1.82) is 0 Å². The highest BCUT2D eigenvalue weighted by Gasteiger charge is 2.28. The molecule has 7 heteroatoms. The third-order valence-corrected chi connectivity index (χ3v) is 6.43. The van der Waals surface area contributed by atoms with Gasteiger partial charge in [0.2, 0.25) is 0 Å². The van der Waals surface area contributed by atoms with Gasteiger partial charge >= 0.3 is 0 Å². The van der Waals surface area contributed by atoms with Gasteiger partial charge in [-0.2, -0.15) is 0 Å². The summed E-state index contributed by atoms with van der Waals surface area (Å²) in [6, 6.07) is 15.4. The number of ether oxygens (including phenoxy) is 1. The molecule has 1 N–H and O–H groups in total. The van der Waals surface area contributed by atoms with E-state index in [2.05, 4.69) is 28.7 Å². The molecule has 0 bridgehead atoms. The molecule has 174 valence electrons. The predicted molar refractivity (Wildman–Crippen MR) is 128 cm³/mol. The molecule has 1 aliphatic heterocycles. The number of para-hydroxylation sites is 2. The van der Waals surface area contributed by atoms with E-state index in [1.807, 2.05) is 36.1 Å². The van der Waals surface area contributed by atoms with E-state index in [9.17, 15) is 9.59 Å². The number of hydrogen-bond donors (Lipinski definition) is 1. The van der Waals surface area contributed by atoms with Crippen molar-refractivity contribution < 1.29 is 14.3 Å². The first-order valence-electron chi connectivity index (χ1n) is 11.7. The molecule has 2 heterocycles. The highest BCUT2D eigenvalue weighted by molar-refractivity contribution is 5.94. The van der Waals surface area contributed by atoms with Crippen LogP contribution < -0.4 is 10.1 Å². The molecule has 4 rings (SSSR count). The Balaban J connectivity index is 1.27. The van der Waals surface area contributed by atoms with E-state index in [1.54, 1.807) is 24.3 Å². The van der Waals surface area contributed by atoms with Crippen LogP contribution in [0.1, 0.15) is 49.3 Å².